The maximum absolute atomic E-state index is 13.7. The number of nitrogens with zero attached hydrogens (tertiary/aromatic N) is 1. The second-order valence-electron chi connectivity index (χ2n) is 6.04. The van der Waals surface area contributed by atoms with Crippen molar-refractivity contribution in [2.75, 3.05) is 32.8 Å². The molecule has 0 radical (unpaired) electrons. The molecule has 2 rings (SSSR count). The van der Waals surface area contributed by atoms with Crippen molar-refractivity contribution < 1.29 is 9.50 Å². The van der Waals surface area contributed by atoms with Crippen LogP contribution in [0.1, 0.15) is 25.5 Å². The molecule has 0 saturated carbocycles. The van der Waals surface area contributed by atoms with Crippen molar-refractivity contribution in [3.05, 3.63) is 34.1 Å². The zero-order chi connectivity index (χ0) is 14.8. The van der Waals surface area contributed by atoms with Crippen molar-refractivity contribution in [2.24, 2.45) is 5.41 Å². The summed E-state index contributed by atoms with van der Waals surface area (Å²) < 4.78 is 14.5. The molecule has 1 aromatic rings. The Balaban J connectivity index is 0.00000220. The minimum Gasteiger partial charge on any atom is -0.396 e. The van der Waals surface area contributed by atoms with Crippen LogP contribution < -0.4 is 5.32 Å². The molecule has 0 aromatic heterocycles. The van der Waals surface area contributed by atoms with Crippen molar-refractivity contribution in [3.63, 3.8) is 0 Å². The number of nitrogens with one attached hydrogen (secondary N) is 1. The van der Waals surface area contributed by atoms with E-state index in [4.69, 9.17) is 0 Å². The number of rotatable bonds is 4. The topological polar surface area (TPSA) is 35.5 Å². The van der Waals surface area contributed by atoms with E-state index in [2.05, 4.69) is 26.1 Å². The fraction of sp³-hybridized carbons (Fsp3) is 0.600. The number of piperazine rings is 1. The van der Waals surface area contributed by atoms with E-state index in [0.29, 0.717) is 0 Å². The van der Waals surface area contributed by atoms with Crippen LogP contribution >= 0.6 is 28.3 Å². The summed E-state index contributed by atoms with van der Waals surface area (Å²) in [7, 11) is 0. The minimum atomic E-state index is -0.329. The summed E-state index contributed by atoms with van der Waals surface area (Å²) in [6.45, 7) is 7.78. The molecule has 3 nitrogen and oxygen atoms in total. The molecule has 0 unspecified atom stereocenters. The average molecular weight is 382 g/mol. The Kier molecular flexibility index (Phi) is 7.07. The summed E-state index contributed by atoms with van der Waals surface area (Å²) in [6, 6.07) is 4.99. The highest BCUT2D eigenvalue weighted by atomic mass is 79.9. The van der Waals surface area contributed by atoms with E-state index in [9.17, 15) is 9.50 Å². The lowest BCUT2D eigenvalue weighted by Gasteiger charge is -2.43. The van der Waals surface area contributed by atoms with Crippen molar-refractivity contribution >= 4 is 28.3 Å². The number of hydrogen-bond acceptors (Lipinski definition) is 3. The molecule has 1 aliphatic heterocycles. The second kappa shape index (κ2) is 7.88. The lowest BCUT2D eigenvalue weighted by Crippen LogP contribution is -2.49. The number of aliphatic hydroxyl groups excluding tert-OH is 1. The average Bonchev–Trinajstić information content (AvgIpc) is 2.39. The van der Waals surface area contributed by atoms with Gasteiger partial charge in [0.05, 0.1) is 0 Å². The first kappa shape index (κ1) is 18.8. The molecule has 0 aliphatic carbocycles. The Hall–Kier alpha value is -0.200. The van der Waals surface area contributed by atoms with Crippen molar-refractivity contribution in [1.82, 2.24) is 10.2 Å². The first-order valence-corrected chi connectivity index (χ1v) is 7.75. The molecule has 1 fully saturated rings. The van der Waals surface area contributed by atoms with Gasteiger partial charge in [-0.2, -0.15) is 0 Å². The van der Waals surface area contributed by atoms with Crippen LogP contribution in [0.15, 0.2) is 22.7 Å². The van der Waals surface area contributed by atoms with E-state index in [1.54, 1.807) is 6.07 Å². The third-order valence-electron chi connectivity index (χ3n) is 3.87. The van der Waals surface area contributed by atoms with E-state index in [-0.39, 0.29) is 36.3 Å². The van der Waals surface area contributed by atoms with E-state index < -0.39 is 0 Å². The highest BCUT2D eigenvalue weighted by Gasteiger charge is 2.35. The lowest BCUT2D eigenvalue weighted by atomic mass is 9.79. The SMILES string of the molecule is CC(C)(CO)[C@@H](c1cc(F)cc(Br)c1)N1CCNCC1.Cl. The predicted octanol–water partition coefficient (Wildman–Crippen LogP) is 2.97. The highest BCUT2D eigenvalue weighted by Crippen LogP contribution is 2.39. The van der Waals surface area contributed by atoms with Gasteiger partial charge < -0.3 is 10.4 Å². The largest absolute Gasteiger partial charge is 0.396 e. The summed E-state index contributed by atoms with van der Waals surface area (Å²) in [5, 5.41) is 13.1. The Morgan fingerprint density at radius 2 is 1.95 bits per heavy atom. The Labute approximate surface area is 140 Å². The predicted molar refractivity (Wildman–Crippen MR) is 89.4 cm³/mol. The van der Waals surface area contributed by atoms with Gasteiger partial charge in [0.2, 0.25) is 0 Å². The molecule has 0 bridgehead atoms. The van der Waals surface area contributed by atoms with E-state index in [1.165, 1.54) is 6.07 Å². The molecule has 2 N–H and O–H groups in total. The van der Waals surface area contributed by atoms with Gasteiger partial charge >= 0.3 is 0 Å². The van der Waals surface area contributed by atoms with E-state index in [1.807, 2.05) is 19.9 Å². The van der Waals surface area contributed by atoms with Crippen molar-refractivity contribution in [2.45, 2.75) is 19.9 Å². The standard InChI is InChI=1S/C15H22BrFN2O.ClH/c1-15(2,10-20)14(19-5-3-18-4-6-19)11-7-12(16)9-13(17)8-11;/h7-9,14,18,20H,3-6,10H2,1-2H3;1H/t14-;/m1./s1. The fourth-order valence-electron chi connectivity index (χ4n) is 2.92. The molecular formula is C15H23BrClFN2O. The van der Waals surface area contributed by atoms with Gasteiger partial charge in [-0.25, -0.2) is 4.39 Å². The maximum Gasteiger partial charge on any atom is 0.124 e. The van der Waals surface area contributed by atoms with Gasteiger partial charge in [0, 0.05) is 48.7 Å². The van der Waals surface area contributed by atoms with Gasteiger partial charge in [-0.15, -0.1) is 12.4 Å². The smallest absolute Gasteiger partial charge is 0.124 e. The lowest BCUT2D eigenvalue weighted by molar-refractivity contribution is 0.0303. The molecule has 1 heterocycles. The van der Waals surface area contributed by atoms with E-state index in [0.717, 1.165) is 36.2 Å². The van der Waals surface area contributed by atoms with Crippen molar-refractivity contribution in [3.8, 4) is 0 Å². The summed E-state index contributed by atoms with van der Waals surface area (Å²) in [4.78, 5) is 2.33. The van der Waals surface area contributed by atoms with Crippen molar-refractivity contribution in [1.29, 1.82) is 0 Å². The number of aliphatic hydroxyl groups is 1. The van der Waals surface area contributed by atoms with Crippen LogP contribution in [0.5, 0.6) is 0 Å². The molecule has 1 saturated heterocycles. The summed E-state index contributed by atoms with van der Waals surface area (Å²) in [5.74, 6) is -0.247. The molecule has 1 atom stereocenters. The fourth-order valence-corrected chi connectivity index (χ4v) is 3.40. The molecule has 1 aliphatic rings. The Morgan fingerprint density at radius 3 is 2.48 bits per heavy atom. The van der Waals surface area contributed by atoms with Crippen LogP contribution in [-0.4, -0.2) is 42.8 Å². The Morgan fingerprint density at radius 1 is 1.33 bits per heavy atom. The van der Waals surface area contributed by atoms with Crippen LogP contribution in [0.4, 0.5) is 4.39 Å². The monoisotopic (exact) mass is 380 g/mol. The molecular weight excluding hydrogens is 359 g/mol. The van der Waals surface area contributed by atoms with Crippen LogP contribution in [0.25, 0.3) is 0 Å². The van der Waals surface area contributed by atoms with Gasteiger partial charge in [0.25, 0.3) is 0 Å². The third-order valence-corrected chi connectivity index (χ3v) is 4.32. The molecule has 0 spiro atoms. The first-order chi connectivity index (χ1) is 9.44. The van der Waals surface area contributed by atoms with Crippen LogP contribution in [0.2, 0.25) is 0 Å². The zero-order valence-electron chi connectivity index (χ0n) is 12.4. The molecule has 120 valence electrons. The summed E-state index contributed by atoms with van der Waals surface area (Å²) in [5.41, 5.74) is 0.586. The molecule has 0 amide bonds. The van der Waals surface area contributed by atoms with Gasteiger partial charge in [0.1, 0.15) is 5.82 Å². The normalized spacial score (nSPS) is 18.1. The van der Waals surface area contributed by atoms with Gasteiger partial charge in [-0.1, -0.05) is 29.8 Å². The first-order valence-electron chi connectivity index (χ1n) is 6.95. The molecule has 21 heavy (non-hydrogen) atoms. The van der Waals surface area contributed by atoms with Crippen LogP contribution in [-0.2, 0) is 0 Å². The molecule has 6 heteroatoms. The summed E-state index contributed by atoms with van der Waals surface area (Å²) in [6.07, 6.45) is 0. The van der Waals surface area contributed by atoms with E-state index >= 15 is 0 Å². The van der Waals surface area contributed by atoms with Gasteiger partial charge in [-0.05, 0) is 23.8 Å². The third kappa shape index (κ3) is 4.63. The quantitative estimate of drug-likeness (QED) is 0.842. The summed E-state index contributed by atoms with van der Waals surface area (Å²) >= 11 is 3.36. The van der Waals surface area contributed by atoms with Gasteiger partial charge in [0.15, 0.2) is 0 Å². The highest BCUT2D eigenvalue weighted by molar-refractivity contribution is 9.10. The van der Waals surface area contributed by atoms with Gasteiger partial charge in [-0.3, -0.25) is 4.90 Å². The maximum atomic E-state index is 13.7. The number of halogens is 3. The number of hydrogen-bond donors (Lipinski definition) is 2. The second-order valence-corrected chi connectivity index (χ2v) is 6.95. The minimum absolute atomic E-state index is 0. The molecule has 1 aromatic carbocycles. The Bertz CT molecular complexity index is 447. The zero-order valence-corrected chi connectivity index (χ0v) is 14.8. The van der Waals surface area contributed by atoms with Crippen LogP contribution in [0.3, 0.4) is 0 Å². The van der Waals surface area contributed by atoms with Crippen LogP contribution in [0, 0.1) is 11.2 Å². The number of benzene rings is 1.